The Bertz CT molecular complexity index is 557. The third-order valence-corrected chi connectivity index (χ3v) is 2.46. The Morgan fingerprint density at radius 3 is 2.89 bits per heavy atom. The van der Waals surface area contributed by atoms with Gasteiger partial charge in [-0.2, -0.15) is 0 Å². The lowest BCUT2D eigenvalue weighted by molar-refractivity contribution is 0.819. The van der Waals surface area contributed by atoms with Crippen molar-refractivity contribution in [3.8, 4) is 0 Å². The van der Waals surface area contributed by atoms with Crippen molar-refractivity contribution in [2.45, 2.75) is 19.9 Å². The standard InChI is InChI=1S/C13H17N5/c1-9(2)16-13(18-14)17-12-5-3-4-10-6-7-15-8-11(10)12/h3-9H,14H2,1-2H3,(H2,16,17,18). The molecule has 5 nitrogen and oxygen atoms in total. The van der Waals surface area contributed by atoms with Crippen LogP contribution in [0.15, 0.2) is 41.7 Å². The minimum Gasteiger partial charge on any atom is -0.325 e. The van der Waals surface area contributed by atoms with Gasteiger partial charge >= 0.3 is 0 Å². The van der Waals surface area contributed by atoms with Crippen LogP contribution in [-0.4, -0.2) is 17.0 Å². The minimum atomic E-state index is 0.164. The molecule has 94 valence electrons. The molecule has 2 rings (SSSR count). The molecule has 0 fully saturated rings. The molecule has 18 heavy (non-hydrogen) atoms. The molecule has 0 saturated heterocycles. The van der Waals surface area contributed by atoms with Crippen LogP contribution in [0.5, 0.6) is 0 Å². The highest BCUT2D eigenvalue weighted by molar-refractivity contribution is 6.02. The van der Waals surface area contributed by atoms with E-state index in [1.165, 1.54) is 0 Å². The second-order valence-corrected chi connectivity index (χ2v) is 4.24. The molecule has 0 spiro atoms. The van der Waals surface area contributed by atoms with Crippen molar-refractivity contribution in [1.82, 2.24) is 10.4 Å². The molecule has 0 atom stereocenters. The summed E-state index contributed by atoms with van der Waals surface area (Å²) in [6.45, 7) is 3.98. The Hall–Kier alpha value is -2.14. The summed E-state index contributed by atoms with van der Waals surface area (Å²) >= 11 is 0. The molecule has 5 heteroatoms. The lowest BCUT2D eigenvalue weighted by Crippen LogP contribution is -2.37. The molecule has 0 aliphatic carbocycles. The summed E-state index contributed by atoms with van der Waals surface area (Å²) < 4.78 is 0. The highest BCUT2D eigenvalue weighted by Gasteiger charge is 2.03. The third kappa shape index (κ3) is 2.75. The van der Waals surface area contributed by atoms with Crippen molar-refractivity contribution in [3.05, 3.63) is 36.7 Å². The van der Waals surface area contributed by atoms with Crippen molar-refractivity contribution in [2.75, 3.05) is 5.32 Å². The van der Waals surface area contributed by atoms with Gasteiger partial charge in [0.15, 0.2) is 0 Å². The van der Waals surface area contributed by atoms with Gasteiger partial charge in [-0.3, -0.25) is 10.4 Å². The molecule has 0 bridgehead atoms. The summed E-state index contributed by atoms with van der Waals surface area (Å²) in [4.78, 5) is 8.48. The third-order valence-electron chi connectivity index (χ3n) is 2.46. The predicted octanol–water partition coefficient (Wildman–Crippen LogP) is 1.87. The van der Waals surface area contributed by atoms with Gasteiger partial charge in [-0.15, -0.1) is 0 Å². The van der Waals surface area contributed by atoms with Gasteiger partial charge in [0.25, 0.3) is 0 Å². The predicted molar refractivity (Wildman–Crippen MR) is 75.3 cm³/mol. The van der Waals surface area contributed by atoms with Crippen molar-refractivity contribution in [2.24, 2.45) is 10.8 Å². The maximum Gasteiger partial charge on any atom is 0.210 e. The fourth-order valence-electron chi connectivity index (χ4n) is 1.71. The topological polar surface area (TPSA) is 75.3 Å². The van der Waals surface area contributed by atoms with Gasteiger partial charge < -0.3 is 5.32 Å². The van der Waals surface area contributed by atoms with Crippen molar-refractivity contribution in [1.29, 1.82) is 0 Å². The molecular weight excluding hydrogens is 226 g/mol. The van der Waals surface area contributed by atoms with E-state index in [9.17, 15) is 0 Å². The molecule has 0 aliphatic heterocycles. The number of fused-ring (bicyclic) bond motifs is 1. The van der Waals surface area contributed by atoms with E-state index in [4.69, 9.17) is 5.84 Å². The highest BCUT2D eigenvalue weighted by atomic mass is 15.3. The molecule has 0 radical (unpaired) electrons. The number of nitrogens with two attached hydrogens (primary N) is 1. The number of guanidine groups is 1. The first kappa shape index (κ1) is 12.3. The number of aliphatic imine (C=N–C) groups is 1. The number of nitrogens with one attached hydrogen (secondary N) is 2. The lowest BCUT2D eigenvalue weighted by atomic mass is 10.1. The van der Waals surface area contributed by atoms with Crippen molar-refractivity contribution >= 4 is 22.4 Å². The average molecular weight is 243 g/mol. The Morgan fingerprint density at radius 1 is 1.33 bits per heavy atom. The summed E-state index contributed by atoms with van der Waals surface area (Å²) in [5.74, 6) is 6.00. The molecule has 0 unspecified atom stereocenters. The Balaban J connectivity index is 2.37. The number of aromatic nitrogens is 1. The van der Waals surface area contributed by atoms with Crippen LogP contribution in [0.1, 0.15) is 13.8 Å². The second-order valence-electron chi connectivity index (χ2n) is 4.24. The van der Waals surface area contributed by atoms with Gasteiger partial charge in [0.2, 0.25) is 5.96 Å². The molecule has 1 heterocycles. The first-order valence-corrected chi connectivity index (χ1v) is 5.85. The van der Waals surface area contributed by atoms with E-state index in [1.807, 2.05) is 44.3 Å². The largest absolute Gasteiger partial charge is 0.325 e. The van der Waals surface area contributed by atoms with E-state index >= 15 is 0 Å². The Morgan fingerprint density at radius 2 is 2.17 bits per heavy atom. The van der Waals surface area contributed by atoms with Gasteiger partial charge in [0.1, 0.15) is 0 Å². The van der Waals surface area contributed by atoms with Crippen LogP contribution < -0.4 is 16.6 Å². The number of hydrazine groups is 1. The van der Waals surface area contributed by atoms with Gasteiger partial charge in [-0.25, -0.2) is 10.8 Å². The number of hydrogen-bond acceptors (Lipinski definition) is 3. The smallest absolute Gasteiger partial charge is 0.210 e. The maximum absolute atomic E-state index is 5.45. The zero-order valence-corrected chi connectivity index (χ0v) is 10.5. The zero-order valence-electron chi connectivity index (χ0n) is 10.5. The van der Waals surface area contributed by atoms with E-state index in [0.717, 1.165) is 16.5 Å². The molecule has 4 N–H and O–H groups in total. The fraction of sp³-hybridized carbons (Fsp3) is 0.231. The van der Waals surface area contributed by atoms with E-state index < -0.39 is 0 Å². The summed E-state index contributed by atoms with van der Waals surface area (Å²) in [6.07, 6.45) is 3.59. The van der Waals surface area contributed by atoms with Crippen molar-refractivity contribution in [3.63, 3.8) is 0 Å². The fourth-order valence-corrected chi connectivity index (χ4v) is 1.71. The first-order valence-electron chi connectivity index (χ1n) is 5.85. The van der Waals surface area contributed by atoms with Crippen LogP contribution in [0.3, 0.4) is 0 Å². The second kappa shape index (κ2) is 5.46. The summed E-state index contributed by atoms with van der Waals surface area (Å²) in [7, 11) is 0. The van der Waals surface area contributed by atoms with Crippen molar-refractivity contribution < 1.29 is 0 Å². The van der Waals surface area contributed by atoms with Crippen LogP contribution in [-0.2, 0) is 0 Å². The van der Waals surface area contributed by atoms with Gasteiger partial charge in [-0.1, -0.05) is 12.1 Å². The van der Waals surface area contributed by atoms with Gasteiger partial charge in [0.05, 0.1) is 5.69 Å². The summed E-state index contributed by atoms with van der Waals surface area (Å²) in [6, 6.07) is 8.12. The monoisotopic (exact) mass is 243 g/mol. The molecule has 0 saturated carbocycles. The molecule has 1 aromatic carbocycles. The van der Waals surface area contributed by atoms with Crippen LogP contribution in [0.25, 0.3) is 10.8 Å². The number of rotatable bonds is 2. The number of anilines is 1. The van der Waals surface area contributed by atoms with E-state index in [1.54, 1.807) is 6.20 Å². The molecular formula is C13H17N5. The quantitative estimate of drug-likeness (QED) is 0.326. The Labute approximate surface area is 106 Å². The lowest BCUT2D eigenvalue weighted by Gasteiger charge is -2.12. The van der Waals surface area contributed by atoms with Gasteiger partial charge in [-0.05, 0) is 31.4 Å². The first-order chi connectivity index (χ1) is 8.70. The van der Waals surface area contributed by atoms with E-state index in [-0.39, 0.29) is 6.04 Å². The minimum absolute atomic E-state index is 0.164. The van der Waals surface area contributed by atoms with Gasteiger partial charge in [0, 0.05) is 23.8 Å². The number of pyridine rings is 1. The highest BCUT2D eigenvalue weighted by Crippen LogP contribution is 2.21. The van der Waals surface area contributed by atoms with Crippen LogP contribution in [0, 0.1) is 0 Å². The summed E-state index contributed by atoms with van der Waals surface area (Å²) in [5.41, 5.74) is 3.49. The molecule has 0 aliphatic rings. The Kier molecular flexibility index (Phi) is 3.74. The van der Waals surface area contributed by atoms with Crippen LogP contribution >= 0.6 is 0 Å². The van der Waals surface area contributed by atoms with E-state index in [2.05, 4.69) is 20.7 Å². The normalized spacial score (nSPS) is 11.9. The number of nitrogens with zero attached hydrogens (tertiary/aromatic N) is 2. The van der Waals surface area contributed by atoms with Crippen LogP contribution in [0.4, 0.5) is 5.69 Å². The maximum atomic E-state index is 5.45. The molecule has 2 aromatic rings. The summed E-state index contributed by atoms with van der Waals surface area (Å²) in [5, 5.41) is 5.33. The average Bonchev–Trinajstić information content (AvgIpc) is 2.38. The SMILES string of the molecule is CC(C)N=C(NN)Nc1cccc2ccncc12. The van der Waals surface area contributed by atoms with E-state index in [0.29, 0.717) is 5.96 Å². The molecule has 0 amide bonds. The number of benzene rings is 1. The molecule has 1 aromatic heterocycles. The van der Waals surface area contributed by atoms with Crippen LogP contribution in [0.2, 0.25) is 0 Å². The zero-order chi connectivity index (χ0) is 13.0. The number of hydrogen-bond donors (Lipinski definition) is 3.